The lowest BCUT2D eigenvalue weighted by atomic mass is 10.1. The van der Waals surface area contributed by atoms with Crippen molar-refractivity contribution in [2.24, 2.45) is 0 Å². The van der Waals surface area contributed by atoms with Crippen molar-refractivity contribution in [1.82, 2.24) is 10.6 Å². The standard InChI is InChI=1S/C42H77N3O3/c1-3-5-7-9-11-13-15-17-19-21-23-27-35-47-38-39(48-36-28-24-22-20-18-16-14-12-10-8-6-4-2)37-44-42(46)40-29-25-26-30-41(40)45-33-31-43-32-34-45/h25-26,29-30,39,43H,3-24,27-28,31-38H2,1-2H3,(H,44,46). The summed E-state index contributed by atoms with van der Waals surface area (Å²) in [5, 5.41) is 6.59. The van der Waals surface area contributed by atoms with E-state index in [1.54, 1.807) is 0 Å². The zero-order chi connectivity index (χ0) is 34.2. The van der Waals surface area contributed by atoms with Gasteiger partial charge in [-0.3, -0.25) is 4.79 Å². The quantitative estimate of drug-likeness (QED) is 0.0728. The minimum Gasteiger partial charge on any atom is -0.379 e. The van der Waals surface area contributed by atoms with Crippen LogP contribution >= 0.6 is 0 Å². The first kappa shape index (κ1) is 42.5. The number of amides is 1. The molecule has 0 radical (unpaired) electrons. The van der Waals surface area contributed by atoms with E-state index in [1.807, 2.05) is 18.2 Å². The van der Waals surface area contributed by atoms with Gasteiger partial charge in [-0.1, -0.05) is 167 Å². The first-order valence-electron chi connectivity index (χ1n) is 20.8. The predicted molar refractivity (Wildman–Crippen MR) is 207 cm³/mol. The van der Waals surface area contributed by atoms with Crippen molar-refractivity contribution in [3.63, 3.8) is 0 Å². The summed E-state index contributed by atoms with van der Waals surface area (Å²) in [4.78, 5) is 15.7. The molecule has 1 unspecified atom stereocenters. The van der Waals surface area contributed by atoms with Crippen molar-refractivity contribution in [1.29, 1.82) is 0 Å². The second-order valence-corrected chi connectivity index (χ2v) is 14.3. The van der Waals surface area contributed by atoms with Gasteiger partial charge in [0.25, 0.3) is 5.91 Å². The Morgan fingerprint density at radius 2 is 1.12 bits per heavy atom. The molecule has 2 N–H and O–H groups in total. The fraction of sp³-hybridized carbons (Fsp3) is 0.833. The van der Waals surface area contributed by atoms with Crippen molar-refractivity contribution >= 4 is 11.6 Å². The Kier molecular flexibility index (Phi) is 27.8. The summed E-state index contributed by atoms with van der Waals surface area (Å²) < 4.78 is 12.4. The maximum Gasteiger partial charge on any atom is 0.253 e. The van der Waals surface area contributed by atoms with Gasteiger partial charge in [-0.05, 0) is 25.0 Å². The summed E-state index contributed by atoms with van der Waals surface area (Å²) in [5.74, 6) is -0.0240. The Hall–Kier alpha value is -1.63. The molecule has 0 aliphatic carbocycles. The van der Waals surface area contributed by atoms with E-state index in [0.29, 0.717) is 13.2 Å². The van der Waals surface area contributed by atoms with Crippen LogP contribution in [-0.2, 0) is 9.47 Å². The van der Waals surface area contributed by atoms with Crippen LogP contribution in [0, 0.1) is 0 Å². The van der Waals surface area contributed by atoms with Crippen LogP contribution < -0.4 is 15.5 Å². The SMILES string of the molecule is CCCCCCCCCCCCCCOCC(CNC(=O)c1ccccc1N1CCNCC1)OCCCCCCCCCCCCCC. The highest BCUT2D eigenvalue weighted by atomic mass is 16.5. The Balaban J connectivity index is 1.65. The molecule has 1 aliphatic rings. The summed E-state index contributed by atoms with van der Waals surface area (Å²) in [6.45, 7) is 10.8. The average molecular weight is 672 g/mol. The van der Waals surface area contributed by atoms with E-state index >= 15 is 0 Å². The number of hydrogen-bond donors (Lipinski definition) is 2. The molecule has 1 saturated heterocycles. The van der Waals surface area contributed by atoms with Gasteiger partial charge >= 0.3 is 0 Å². The van der Waals surface area contributed by atoms with Crippen molar-refractivity contribution < 1.29 is 14.3 Å². The highest BCUT2D eigenvalue weighted by molar-refractivity contribution is 5.99. The van der Waals surface area contributed by atoms with Crippen molar-refractivity contribution in [2.75, 3.05) is 57.4 Å². The van der Waals surface area contributed by atoms with Gasteiger partial charge < -0.3 is 25.0 Å². The molecule has 0 aromatic heterocycles. The number of nitrogens with zero attached hydrogens (tertiary/aromatic N) is 1. The normalized spacial score (nSPS) is 14.0. The number of carbonyl (C=O) groups excluding carboxylic acids is 1. The van der Waals surface area contributed by atoms with Crippen LogP contribution in [-0.4, -0.2) is 64.6 Å². The number of rotatable bonds is 33. The summed E-state index contributed by atoms with van der Waals surface area (Å²) in [5.41, 5.74) is 1.77. The van der Waals surface area contributed by atoms with Crippen molar-refractivity contribution in [3.05, 3.63) is 29.8 Å². The molecule has 0 spiro atoms. The lowest BCUT2D eigenvalue weighted by molar-refractivity contribution is -0.0170. The third-order valence-electron chi connectivity index (χ3n) is 9.89. The van der Waals surface area contributed by atoms with E-state index in [9.17, 15) is 4.79 Å². The van der Waals surface area contributed by atoms with E-state index < -0.39 is 0 Å². The monoisotopic (exact) mass is 672 g/mol. The van der Waals surface area contributed by atoms with Gasteiger partial charge in [-0.15, -0.1) is 0 Å². The Bertz CT molecular complexity index is 860. The number of carbonyl (C=O) groups is 1. The van der Waals surface area contributed by atoms with Crippen LogP contribution in [0.1, 0.15) is 178 Å². The highest BCUT2D eigenvalue weighted by Crippen LogP contribution is 2.21. The summed E-state index contributed by atoms with van der Waals surface area (Å²) in [7, 11) is 0. The smallest absolute Gasteiger partial charge is 0.253 e. The number of nitrogens with one attached hydrogen (secondary N) is 2. The fourth-order valence-electron chi connectivity index (χ4n) is 6.77. The zero-order valence-electron chi connectivity index (χ0n) is 31.7. The van der Waals surface area contributed by atoms with Crippen LogP contribution in [0.3, 0.4) is 0 Å². The Labute approximate surface area is 297 Å². The number of ether oxygens (including phenoxy) is 2. The van der Waals surface area contributed by atoms with Gasteiger partial charge in [0.15, 0.2) is 0 Å². The highest BCUT2D eigenvalue weighted by Gasteiger charge is 2.19. The van der Waals surface area contributed by atoms with Gasteiger partial charge in [0.1, 0.15) is 0 Å². The van der Waals surface area contributed by atoms with Gasteiger partial charge in [0.2, 0.25) is 0 Å². The Morgan fingerprint density at radius 3 is 1.65 bits per heavy atom. The van der Waals surface area contributed by atoms with E-state index in [1.165, 1.54) is 141 Å². The molecule has 1 amide bonds. The van der Waals surface area contributed by atoms with Crippen LogP contribution in [0.15, 0.2) is 24.3 Å². The predicted octanol–water partition coefficient (Wildman–Crippen LogP) is 10.6. The molecule has 2 rings (SSSR count). The van der Waals surface area contributed by atoms with Crippen molar-refractivity contribution in [3.8, 4) is 0 Å². The minimum absolute atomic E-state index is 0.0240. The number of piperazine rings is 1. The van der Waals surface area contributed by atoms with E-state index in [-0.39, 0.29) is 12.0 Å². The van der Waals surface area contributed by atoms with Gasteiger partial charge in [-0.2, -0.15) is 0 Å². The van der Waals surface area contributed by atoms with Gasteiger partial charge in [-0.25, -0.2) is 0 Å². The minimum atomic E-state index is -0.120. The second-order valence-electron chi connectivity index (χ2n) is 14.3. The van der Waals surface area contributed by atoms with Gasteiger partial charge in [0.05, 0.1) is 18.3 Å². The maximum absolute atomic E-state index is 13.4. The number of para-hydroxylation sites is 1. The Morgan fingerprint density at radius 1 is 0.667 bits per heavy atom. The largest absolute Gasteiger partial charge is 0.379 e. The van der Waals surface area contributed by atoms with Crippen LogP contribution in [0.5, 0.6) is 0 Å². The molecule has 1 aliphatic heterocycles. The van der Waals surface area contributed by atoms with Crippen LogP contribution in [0.2, 0.25) is 0 Å². The summed E-state index contributed by atoms with van der Waals surface area (Å²) in [6, 6.07) is 8.00. The average Bonchev–Trinajstić information content (AvgIpc) is 3.12. The lowest BCUT2D eigenvalue weighted by Crippen LogP contribution is -2.44. The molecular formula is C42H77N3O3. The van der Waals surface area contributed by atoms with E-state index in [2.05, 4.69) is 35.4 Å². The third kappa shape index (κ3) is 22.2. The number of hydrogen-bond acceptors (Lipinski definition) is 5. The molecule has 48 heavy (non-hydrogen) atoms. The number of anilines is 1. The maximum atomic E-state index is 13.4. The second kappa shape index (κ2) is 31.4. The third-order valence-corrected chi connectivity index (χ3v) is 9.89. The molecular weight excluding hydrogens is 594 g/mol. The number of benzene rings is 1. The molecule has 1 aromatic rings. The molecule has 6 nitrogen and oxygen atoms in total. The summed E-state index contributed by atoms with van der Waals surface area (Å²) in [6.07, 6.45) is 32.1. The van der Waals surface area contributed by atoms with Crippen LogP contribution in [0.4, 0.5) is 5.69 Å². The van der Waals surface area contributed by atoms with E-state index in [4.69, 9.17) is 9.47 Å². The van der Waals surface area contributed by atoms with Crippen LogP contribution in [0.25, 0.3) is 0 Å². The molecule has 0 bridgehead atoms. The first-order chi connectivity index (χ1) is 23.8. The molecule has 1 atom stereocenters. The zero-order valence-corrected chi connectivity index (χ0v) is 31.7. The molecule has 0 saturated carbocycles. The van der Waals surface area contributed by atoms with E-state index in [0.717, 1.165) is 63.5 Å². The first-order valence-corrected chi connectivity index (χ1v) is 20.8. The topological polar surface area (TPSA) is 62.8 Å². The lowest BCUT2D eigenvalue weighted by Gasteiger charge is -2.31. The molecule has 1 aromatic carbocycles. The molecule has 6 heteroatoms. The molecule has 1 fully saturated rings. The fourth-order valence-corrected chi connectivity index (χ4v) is 6.77. The molecule has 278 valence electrons. The van der Waals surface area contributed by atoms with Crippen molar-refractivity contribution in [2.45, 2.75) is 174 Å². The molecule has 1 heterocycles. The summed E-state index contributed by atoms with van der Waals surface area (Å²) >= 11 is 0. The van der Waals surface area contributed by atoms with Gasteiger partial charge in [0, 0.05) is 51.6 Å². The number of unbranched alkanes of at least 4 members (excludes halogenated alkanes) is 22.